The molecule has 1 N–H and O–H groups in total. The first kappa shape index (κ1) is 19.6. The quantitative estimate of drug-likeness (QED) is 0.453. The average molecular weight is 379 g/mol. The van der Waals surface area contributed by atoms with E-state index in [1.54, 1.807) is 12.1 Å². The molecule has 0 bridgehead atoms. The first-order valence-electron chi connectivity index (χ1n) is 7.49. The van der Waals surface area contributed by atoms with Crippen molar-refractivity contribution in [1.82, 2.24) is 0 Å². The molecule has 0 saturated heterocycles. The number of nitrogens with one attached hydrogen (secondary N) is 1. The van der Waals surface area contributed by atoms with Crippen LogP contribution >= 0.6 is 11.8 Å². The largest absolute Gasteiger partial charge is 0.457 e. The van der Waals surface area contributed by atoms with E-state index in [0.29, 0.717) is 11.3 Å². The molecule has 0 saturated carbocycles. The summed E-state index contributed by atoms with van der Waals surface area (Å²) in [5.41, 5.74) is 0.857. The van der Waals surface area contributed by atoms with Crippen LogP contribution in [0.25, 0.3) is 0 Å². The second-order valence-electron chi connectivity index (χ2n) is 5.21. The predicted molar refractivity (Wildman–Crippen MR) is 93.1 cm³/mol. The second kappa shape index (κ2) is 9.10. The SMILES string of the molecule is CC(=O)Nc1ccc(C(=O)COC(=O)CSc2cc(F)ccc2F)cc1. The van der Waals surface area contributed by atoms with E-state index >= 15 is 0 Å². The highest BCUT2D eigenvalue weighted by Crippen LogP contribution is 2.22. The lowest BCUT2D eigenvalue weighted by molar-refractivity contribution is -0.139. The maximum Gasteiger partial charge on any atom is 0.316 e. The van der Waals surface area contributed by atoms with Crippen LogP contribution in [-0.4, -0.2) is 30.0 Å². The number of Topliss-reactive ketones (excluding diaryl/α,β-unsaturated/α-hetero) is 1. The van der Waals surface area contributed by atoms with Crippen molar-refractivity contribution in [2.45, 2.75) is 11.8 Å². The van der Waals surface area contributed by atoms with Gasteiger partial charge in [0, 0.05) is 23.1 Å². The molecule has 2 aromatic rings. The van der Waals surface area contributed by atoms with Crippen molar-refractivity contribution in [1.29, 1.82) is 0 Å². The lowest BCUT2D eigenvalue weighted by Crippen LogP contribution is -2.15. The van der Waals surface area contributed by atoms with Crippen molar-refractivity contribution in [3.05, 3.63) is 59.7 Å². The van der Waals surface area contributed by atoms with Crippen molar-refractivity contribution in [3.63, 3.8) is 0 Å². The summed E-state index contributed by atoms with van der Waals surface area (Å²) in [7, 11) is 0. The van der Waals surface area contributed by atoms with Crippen LogP contribution in [0.1, 0.15) is 17.3 Å². The number of thioether (sulfide) groups is 1. The molecule has 1 amide bonds. The van der Waals surface area contributed by atoms with Gasteiger partial charge in [-0.15, -0.1) is 11.8 Å². The van der Waals surface area contributed by atoms with Gasteiger partial charge in [0.05, 0.1) is 5.75 Å². The molecule has 136 valence electrons. The Kier molecular flexibility index (Phi) is 6.85. The molecule has 0 aliphatic heterocycles. The van der Waals surface area contributed by atoms with E-state index in [2.05, 4.69) is 5.32 Å². The molecule has 2 aromatic carbocycles. The van der Waals surface area contributed by atoms with Crippen molar-refractivity contribution in [2.75, 3.05) is 17.7 Å². The van der Waals surface area contributed by atoms with Crippen molar-refractivity contribution < 1.29 is 27.9 Å². The van der Waals surface area contributed by atoms with Gasteiger partial charge in [-0.1, -0.05) is 0 Å². The van der Waals surface area contributed by atoms with Crippen LogP contribution in [0.4, 0.5) is 14.5 Å². The zero-order chi connectivity index (χ0) is 19.1. The minimum atomic E-state index is -0.720. The van der Waals surface area contributed by atoms with Crippen LogP contribution in [0.3, 0.4) is 0 Å². The first-order valence-corrected chi connectivity index (χ1v) is 8.48. The highest BCUT2D eigenvalue weighted by atomic mass is 32.2. The van der Waals surface area contributed by atoms with Gasteiger partial charge in [-0.05, 0) is 42.5 Å². The van der Waals surface area contributed by atoms with Crippen molar-refractivity contribution in [3.8, 4) is 0 Å². The Labute approximate surface area is 152 Å². The zero-order valence-electron chi connectivity index (χ0n) is 13.8. The fourth-order valence-electron chi connectivity index (χ4n) is 1.94. The topological polar surface area (TPSA) is 72.5 Å². The molecule has 0 aliphatic rings. The summed E-state index contributed by atoms with van der Waals surface area (Å²) >= 11 is 0.783. The molecule has 0 aromatic heterocycles. The molecular weight excluding hydrogens is 364 g/mol. The molecule has 0 radical (unpaired) electrons. The maximum absolute atomic E-state index is 13.4. The number of halogens is 2. The summed E-state index contributed by atoms with van der Waals surface area (Å²) in [5, 5.41) is 2.57. The summed E-state index contributed by atoms with van der Waals surface area (Å²) in [6.45, 7) is 0.900. The third-order valence-corrected chi connectivity index (χ3v) is 4.13. The lowest BCUT2D eigenvalue weighted by Gasteiger charge is -2.06. The van der Waals surface area contributed by atoms with Gasteiger partial charge in [0.15, 0.2) is 12.4 Å². The van der Waals surface area contributed by atoms with E-state index in [4.69, 9.17) is 4.74 Å². The van der Waals surface area contributed by atoms with Crippen LogP contribution in [-0.2, 0) is 14.3 Å². The number of esters is 1. The molecule has 8 heteroatoms. The normalized spacial score (nSPS) is 10.3. The van der Waals surface area contributed by atoms with Gasteiger partial charge in [-0.3, -0.25) is 14.4 Å². The average Bonchev–Trinajstić information content (AvgIpc) is 2.60. The summed E-state index contributed by atoms with van der Waals surface area (Å²) in [6, 6.07) is 9.04. The number of rotatable bonds is 7. The zero-order valence-corrected chi connectivity index (χ0v) is 14.6. The standard InChI is InChI=1S/C18H15F2NO4S/c1-11(22)21-14-5-2-12(3-6-14)16(23)9-25-18(24)10-26-17-8-13(19)4-7-15(17)20/h2-8H,9-10H2,1H3,(H,21,22). The molecule has 26 heavy (non-hydrogen) atoms. The van der Waals surface area contributed by atoms with Gasteiger partial charge in [0.25, 0.3) is 0 Å². The fourth-order valence-corrected chi connectivity index (χ4v) is 2.70. The van der Waals surface area contributed by atoms with Crippen molar-refractivity contribution in [2.24, 2.45) is 0 Å². The maximum atomic E-state index is 13.4. The minimum Gasteiger partial charge on any atom is -0.457 e. The van der Waals surface area contributed by atoms with Gasteiger partial charge < -0.3 is 10.1 Å². The number of carbonyl (C=O) groups excluding carboxylic acids is 3. The Morgan fingerprint density at radius 1 is 1.08 bits per heavy atom. The number of anilines is 1. The molecule has 2 rings (SSSR count). The number of hydrogen-bond donors (Lipinski definition) is 1. The highest BCUT2D eigenvalue weighted by Gasteiger charge is 2.12. The summed E-state index contributed by atoms with van der Waals surface area (Å²) in [4.78, 5) is 34.6. The van der Waals surface area contributed by atoms with Gasteiger partial charge in [-0.2, -0.15) is 0 Å². The van der Waals surface area contributed by atoms with Gasteiger partial charge in [0.2, 0.25) is 5.91 Å². The number of benzene rings is 2. The highest BCUT2D eigenvalue weighted by molar-refractivity contribution is 8.00. The van der Waals surface area contributed by atoms with Crippen LogP contribution in [0.2, 0.25) is 0 Å². The van der Waals surface area contributed by atoms with Crippen LogP contribution in [0.15, 0.2) is 47.4 Å². The third-order valence-electron chi connectivity index (χ3n) is 3.13. The number of ketones is 1. The van der Waals surface area contributed by atoms with Crippen LogP contribution in [0.5, 0.6) is 0 Å². The van der Waals surface area contributed by atoms with E-state index in [-0.39, 0.29) is 16.6 Å². The Morgan fingerprint density at radius 2 is 1.77 bits per heavy atom. The summed E-state index contributed by atoms with van der Waals surface area (Å²) in [6.07, 6.45) is 0. The number of hydrogen-bond acceptors (Lipinski definition) is 5. The fraction of sp³-hybridized carbons (Fsp3) is 0.167. The minimum absolute atomic E-state index is 0.0122. The molecular formula is C18H15F2NO4S. The molecule has 0 aliphatic carbocycles. The Bertz CT molecular complexity index is 824. The molecule has 0 fully saturated rings. The predicted octanol–water partition coefficient (Wildman–Crippen LogP) is 3.44. The van der Waals surface area contributed by atoms with Crippen LogP contribution in [0, 0.1) is 11.6 Å². The summed E-state index contributed by atoms with van der Waals surface area (Å²) in [5.74, 6) is -2.88. The van der Waals surface area contributed by atoms with Crippen molar-refractivity contribution >= 4 is 35.1 Å². The monoisotopic (exact) mass is 379 g/mol. The summed E-state index contributed by atoms with van der Waals surface area (Å²) < 4.78 is 31.3. The lowest BCUT2D eigenvalue weighted by atomic mass is 10.1. The molecule has 5 nitrogen and oxygen atoms in total. The van der Waals surface area contributed by atoms with E-state index in [0.717, 1.165) is 30.0 Å². The molecule has 0 unspecified atom stereocenters. The number of ether oxygens (including phenoxy) is 1. The van der Waals surface area contributed by atoms with E-state index < -0.39 is 30.0 Å². The number of amides is 1. The van der Waals surface area contributed by atoms with Gasteiger partial charge in [-0.25, -0.2) is 8.78 Å². The van der Waals surface area contributed by atoms with E-state index in [1.165, 1.54) is 19.1 Å². The third kappa shape index (κ3) is 5.96. The Balaban J connectivity index is 1.82. The Hall–Kier alpha value is -2.74. The first-order chi connectivity index (χ1) is 12.3. The molecule has 0 spiro atoms. The molecule has 0 atom stereocenters. The smallest absolute Gasteiger partial charge is 0.316 e. The van der Waals surface area contributed by atoms with E-state index in [1.807, 2.05) is 0 Å². The van der Waals surface area contributed by atoms with Crippen LogP contribution < -0.4 is 5.32 Å². The second-order valence-corrected chi connectivity index (χ2v) is 6.22. The Morgan fingerprint density at radius 3 is 2.42 bits per heavy atom. The van der Waals surface area contributed by atoms with Gasteiger partial charge in [0.1, 0.15) is 11.6 Å². The number of carbonyl (C=O) groups is 3. The molecule has 0 heterocycles. The van der Waals surface area contributed by atoms with E-state index in [9.17, 15) is 23.2 Å². The van der Waals surface area contributed by atoms with Gasteiger partial charge >= 0.3 is 5.97 Å².